The van der Waals surface area contributed by atoms with Gasteiger partial charge in [0.2, 0.25) is 0 Å². The second-order valence-electron chi connectivity index (χ2n) is 14.2. The van der Waals surface area contributed by atoms with Crippen LogP contribution >= 0.6 is 0 Å². The average molecular weight is 499 g/mol. The van der Waals surface area contributed by atoms with E-state index in [1.54, 1.807) is 0 Å². The smallest absolute Gasteiger partial charge is 0.309 e. The lowest BCUT2D eigenvalue weighted by atomic mass is 9.45. The van der Waals surface area contributed by atoms with Crippen molar-refractivity contribution in [2.24, 2.45) is 63.6 Å². The summed E-state index contributed by atoms with van der Waals surface area (Å²) in [5, 5.41) is 0. The van der Waals surface area contributed by atoms with E-state index in [0.717, 1.165) is 42.4 Å². The molecule has 36 heavy (non-hydrogen) atoms. The van der Waals surface area contributed by atoms with Gasteiger partial charge < -0.3 is 9.47 Å². The van der Waals surface area contributed by atoms with Crippen LogP contribution in [0.15, 0.2) is 12.2 Å². The normalized spacial score (nSPS) is 47.4. The molecule has 0 heterocycles. The van der Waals surface area contributed by atoms with Gasteiger partial charge in [0.1, 0.15) is 0 Å². The Labute approximate surface area is 221 Å². The lowest BCUT2D eigenvalue weighted by molar-refractivity contribution is -0.160. The molecule has 0 aromatic heterocycles. The Morgan fingerprint density at radius 2 is 1.81 bits per heavy atom. The third-order valence-corrected chi connectivity index (χ3v) is 13.1. The number of ether oxygens (including phenoxy) is 2. The number of hydrogen-bond donors (Lipinski definition) is 0. The third-order valence-electron chi connectivity index (χ3n) is 13.1. The largest absolute Gasteiger partial charge is 0.466 e. The fourth-order valence-electron chi connectivity index (χ4n) is 11.2. The van der Waals surface area contributed by atoms with Gasteiger partial charge in [0.25, 0.3) is 0 Å². The predicted molar refractivity (Wildman–Crippen MR) is 146 cm³/mol. The van der Waals surface area contributed by atoms with E-state index in [2.05, 4.69) is 46.8 Å². The van der Waals surface area contributed by atoms with Gasteiger partial charge in [-0.25, -0.2) is 0 Å². The van der Waals surface area contributed by atoms with E-state index >= 15 is 0 Å². The van der Waals surface area contributed by atoms with Gasteiger partial charge in [-0.3, -0.25) is 4.79 Å². The monoisotopic (exact) mass is 498 g/mol. The highest BCUT2D eigenvalue weighted by atomic mass is 16.5. The van der Waals surface area contributed by atoms with Crippen LogP contribution in [0.3, 0.4) is 0 Å². The molecule has 0 saturated heterocycles. The van der Waals surface area contributed by atoms with E-state index in [1.165, 1.54) is 51.4 Å². The number of allylic oxidation sites excluding steroid dienone is 2. The molecule has 0 unspecified atom stereocenters. The number of carbonyl (C=O) groups excluding carboxylic acids is 1. The fourth-order valence-corrected chi connectivity index (χ4v) is 11.2. The molecule has 0 amide bonds. The SMILES string of the molecule is CCC[C@H](/C=C/[C@@H](C)[C@H]1CC[C@H]2[C@@H]3C[C@@H](OC)[C@]45C[C@@H]4CC[C@]5(C)[C@H]3CC[C@]12C)[C@H](C)C(=O)OCC. The number of carbonyl (C=O) groups is 1. The molecule has 1 spiro atoms. The Morgan fingerprint density at radius 3 is 2.47 bits per heavy atom. The van der Waals surface area contributed by atoms with Gasteiger partial charge in [0.15, 0.2) is 0 Å². The molecule has 0 aromatic rings. The number of methoxy groups -OCH3 is 1. The van der Waals surface area contributed by atoms with Crippen molar-refractivity contribution in [3.63, 3.8) is 0 Å². The zero-order chi connectivity index (χ0) is 25.9. The van der Waals surface area contributed by atoms with Crippen LogP contribution in [0.5, 0.6) is 0 Å². The van der Waals surface area contributed by atoms with E-state index in [4.69, 9.17) is 9.47 Å². The number of rotatable bonds is 9. The van der Waals surface area contributed by atoms with Crippen molar-refractivity contribution in [2.75, 3.05) is 13.7 Å². The van der Waals surface area contributed by atoms with Crippen molar-refractivity contribution in [3.05, 3.63) is 12.2 Å². The van der Waals surface area contributed by atoms with Crippen LogP contribution in [-0.4, -0.2) is 25.8 Å². The maximum absolute atomic E-state index is 12.4. The van der Waals surface area contributed by atoms with Crippen LogP contribution in [0.1, 0.15) is 106 Å². The molecule has 0 aromatic carbocycles. The molecule has 0 radical (unpaired) electrons. The van der Waals surface area contributed by atoms with Gasteiger partial charge in [0.05, 0.1) is 18.6 Å². The molecule has 3 heteroatoms. The van der Waals surface area contributed by atoms with Crippen LogP contribution in [0, 0.1) is 63.6 Å². The molecule has 0 N–H and O–H groups in total. The van der Waals surface area contributed by atoms with Crippen LogP contribution < -0.4 is 0 Å². The quantitative estimate of drug-likeness (QED) is 0.238. The molecule has 3 nitrogen and oxygen atoms in total. The Kier molecular flexibility index (Phi) is 7.23. The van der Waals surface area contributed by atoms with Crippen LogP contribution in [0.25, 0.3) is 0 Å². The fraction of sp³-hybridized carbons (Fsp3) is 0.909. The van der Waals surface area contributed by atoms with Gasteiger partial charge in [-0.2, -0.15) is 0 Å². The first-order chi connectivity index (χ1) is 17.2. The Bertz CT molecular complexity index is 850. The van der Waals surface area contributed by atoms with Crippen molar-refractivity contribution < 1.29 is 14.3 Å². The van der Waals surface area contributed by atoms with Gasteiger partial charge in [0, 0.05) is 12.5 Å². The highest BCUT2D eigenvalue weighted by Crippen LogP contribution is 2.82. The van der Waals surface area contributed by atoms with E-state index < -0.39 is 0 Å². The van der Waals surface area contributed by atoms with Crippen LogP contribution in [0.4, 0.5) is 0 Å². The number of hydrogen-bond acceptors (Lipinski definition) is 3. The minimum Gasteiger partial charge on any atom is -0.466 e. The molecule has 5 saturated carbocycles. The summed E-state index contributed by atoms with van der Waals surface area (Å²) in [5.74, 6) is 5.07. The molecule has 0 bridgehead atoms. The molecule has 5 aliphatic rings. The molecule has 5 fully saturated rings. The summed E-state index contributed by atoms with van der Waals surface area (Å²) in [7, 11) is 2.00. The molecular weight excluding hydrogens is 444 g/mol. The predicted octanol–water partition coefficient (Wildman–Crippen LogP) is 8.08. The summed E-state index contributed by atoms with van der Waals surface area (Å²) in [6.07, 6.45) is 18.8. The standard InChI is InChI=1S/C33H54O3/c1-8-10-23(22(4)30(34)36-9-2)12-11-21(3)26-13-14-27-25-19-29(35-7)33-20-24(33)15-18-32(33,6)28(25)16-17-31(26,27)5/h11-12,21-29H,8-10,13-20H2,1-7H3/b12-11+/t21-,22+,23-,24+,25+,26-,27+,28+,29-,31-,32-,33+/m1/s1. The number of fused-ring (bicyclic) bond motifs is 4. The zero-order valence-electron chi connectivity index (χ0n) is 24.4. The average Bonchev–Trinajstić information content (AvgIpc) is 3.37. The van der Waals surface area contributed by atoms with Crippen molar-refractivity contribution in [2.45, 2.75) is 112 Å². The lowest BCUT2D eigenvalue weighted by Gasteiger charge is -2.61. The van der Waals surface area contributed by atoms with Gasteiger partial charge >= 0.3 is 5.97 Å². The summed E-state index contributed by atoms with van der Waals surface area (Å²) in [5.41, 5.74) is 1.48. The van der Waals surface area contributed by atoms with E-state index in [9.17, 15) is 4.79 Å². The first-order valence-corrected chi connectivity index (χ1v) is 15.6. The molecule has 5 rings (SSSR count). The summed E-state index contributed by atoms with van der Waals surface area (Å²) < 4.78 is 11.7. The van der Waals surface area contributed by atoms with Crippen molar-refractivity contribution in [3.8, 4) is 0 Å². The summed E-state index contributed by atoms with van der Waals surface area (Å²) >= 11 is 0. The molecule has 12 atom stereocenters. The second kappa shape index (κ2) is 9.73. The van der Waals surface area contributed by atoms with Crippen molar-refractivity contribution in [1.82, 2.24) is 0 Å². The third kappa shape index (κ3) is 3.79. The van der Waals surface area contributed by atoms with E-state index in [-0.39, 0.29) is 17.8 Å². The first-order valence-electron chi connectivity index (χ1n) is 15.6. The summed E-state index contributed by atoms with van der Waals surface area (Å²) in [4.78, 5) is 12.4. The summed E-state index contributed by atoms with van der Waals surface area (Å²) in [6, 6.07) is 0. The highest BCUT2D eigenvalue weighted by molar-refractivity contribution is 5.72. The molecular formula is C33H54O3. The van der Waals surface area contributed by atoms with Gasteiger partial charge in [-0.05, 0) is 117 Å². The lowest BCUT2D eigenvalue weighted by Crippen LogP contribution is -2.57. The Balaban J connectivity index is 1.32. The molecule has 5 aliphatic carbocycles. The number of esters is 1. The minimum absolute atomic E-state index is 0.0412. The topological polar surface area (TPSA) is 35.5 Å². The maximum Gasteiger partial charge on any atom is 0.309 e. The zero-order valence-corrected chi connectivity index (χ0v) is 24.4. The van der Waals surface area contributed by atoms with E-state index in [0.29, 0.717) is 34.9 Å². The van der Waals surface area contributed by atoms with E-state index in [1.807, 2.05) is 14.0 Å². The molecule has 0 aliphatic heterocycles. The molecule has 204 valence electrons. The van der Waals surface area contributed by atoms with Crippen LogP contribution in [0.2, 0.25) is 0 Å². The van der Waals surface area contributed by atoms with Crippen molar-refractivity contribution in [1.29, 1.82) is 0 Å². The highest BCUT2D eigenvalue weighted by Gasteiger charge is 2.77. The Morgan fingerprint density at radius 1 is 1.03 bits per heavy atom. The van der Waals surface area contributed by atoms with Crippen molar-refractivity contribution >= 4 is 5.97 Å². The Hall–Kier alpha value is -0.830. The summed E-state index contributed by atoms with van der Waals surface area (Å²) in [6.45, 7) is 14.4. The maximum atomic E-state index is 12.4. The van der Waals surface area contributed by atoms with Crippen LogP contribution in [-0.2, 0) is 14.3 Å². The van der Waals surface area contributed by atoms with Gasteiger partial charge in [-0.1, -0.05) is 53.2 Å². The first kappa shape index (κ1) is 26.8. The second-order valence-corrected chi connectivity index (χ2v) is 14.2. The van der Waals surface area contributed by atoms with Gasteiger partial charge in [-0.15, -0.1) is 0 Å². The minimum atomic E-state index is -0.0605.